The fourth-order valence-electron chi connectivity index (χ4n) is 3.82. The lowest BCUT2D eigenvalue weighted by atomic mass is 10.1. The number of halogens is 2. The van der Waals surface area contributed by atoms with E-state index in [2.05, 4.69) is 53.2 Å². The molecule has 0 bridgehead atoms. The van der Waals surface area contributed by atoms with E-state index >= 15 is 0 Å². The summed E-state index contributed by atoms with van der Waals surface area (Å²) in [6, 6.07) is 24.4. The summed E-state index contributed by atoms with van der Waals surface area (Å²) in [6.45, 7) is 5.32. The zero-order chi connectivity index (χ0) is 25.3. The van der Waals surface area contributed by atoms with Crippen molar-refractivity contribution in [3.05, 3.63) is 82.8 Å². The fourth-order valence-corrected chi connectivity index (χ4v) is 6.05. The Morgan fingerprint density at radius 1 is 0.917 bits per heavy atom. The standard InChI is InChI=1S/C26H23Cl2N3S2.C3H8/c27-22-11-9-19(16-21(22)25-12-8-18-6-2-3-7-24(18)29-25)30-33-26-13-10-20(17-23(26)28)31-14-4-1-5-15-32-31;1-3-2/h2-3,6-13,16-17,30H,1,4-5,14-15H2;3H2,1-2H3. The Kier molecular flexibility index (Phi) is 10.1. The van der Waals surface area contributed by atoms with Crippen molar-refractivity contribution in [2.75, 3.05) is 21.3 Å². The molecule has 0 atom stereocenters. The van der Waals surface area contributed by atoms with Crippen LogP contribution in [0.3, 0.4) is 0 Å². The summed E-state index contributed by atoms with van der Waals surface area (Å²) in [5, 5.41) is 2.53. The van der Waals surface area contributed by atoms with Crippen LogP contribution in [-0.4, -0.2) is 17.3 Å². The average Bonchev–Trinajstić information content (AvgIpc) is 3.19. The third kappa shape index (κ3) is 7.04. The van der Waals surface area contributed by atoms with Gasteiger partial charge >= 0.3 is 0 Å². The summed E-state index contributed by atoms with van der Waals surface area (Å²) < 4.78 is 5.78. The monoisotopic (exact) mass is 555 g/mol. The van der Waals surface area contributed by atoms with E-state index in [4.69, 9.17) is 28.2 Å². The van der Waals surface area contributed by atoms with Crippen LogP contribution in [0.15, 0.2) is 77.7 Å². The molecule has 36 heavy (non-hydrogen) atoms. The molecule has 1 saturated heterocycles. The largest absolute Gasteiger partial charge is 0.326 e. The molecule has 1 N–H and O–H groups in total. The first kappa shape index (κ1) is 27.0. The number of hydrogen-bond donors (Lipinski definition) is 1. The molecule has 5 rings (SSSR count). The van der Waals surface area contributed by atoms with Gasteiger partial charge < -0.3 is 9.03 Å². The molecule has 1 fully saturated rings. The molecule has 0 aliphatic carbocycles. The lowest BCUT2D eigenvalue weighted by Crippen LogP contribution is -2.14. The van der Waals surface area contributed by atoms with Gasteiger partial charge in [0.05, 0.1) is 21.3 Å². The number of hydrogen-bond acceptors (Lipinski definition) is 5. The number of nitrogens with zero attached hydrogens (tertiary/aromatic N) is 2. The van der Waals surface area contributed by atoms with Crippen molar-refractivity contribution < 1.29 is 0 Å². The molecule has 0 spiro atoms. The summed E-state index contributed by atoms with van der Waals surface area (Å²) in [4.78, 5) is 5.78. The summed E-state index contributed by atoms with van der Waals surface area (Å²) in [5.74, 6) is 1.17. The maximum absolute atomic E-state index is 6.64. The number of para-hydroxylation sites is 1. The molecule has 1 aliphatic heterocycles. The molecule has 0 amide bonds. The van der Waals surface area contributed by atoms with Crippen LogP contribution in [0.2, 0.25) is 10.0 Å². The normalized spacial score (nSPS) is 13.6. The first-order valence-corrected chi connectivity index (χ1v) is 14.9. The second kappa shape index (κ2) is 13.5. The predicted octanol–water partition coefficient (Wildman–Crippen LogP) is 10.4. The van der Waals surface area contributed by atoms with E-state index in [9.17, 15) is 0 Å². The molecule has 0 radical (unpaired) electrons. The van der Waals surface area contributed by atoms with Crippen LogP contribution in [0.5, 0.6) is 0 Å². The first-order chi connectivity index (χ1) is 17.6. The van der Waals surface area contributed by atoms with E-state index in [1.807, 2.05) is 54.4 Å². The van der Waals surface area contributed by atoms with Gasteiger partial charge in [0.15, 0.2) is 0 Å². The van der Waals surface area contributed by atoms with Gasteiger partial charge in [0, 0.05) is 39.5 Å². The van der Waals surface area contributed by atoms with Crippen molar-refractivity contribution in [1.82, 2.24) is 4.98 Å². The Bertz CT molecular complexity index is 1290. The lowest BCUT2D eigenvalue weighted by molar-refractivity contribution is 0.751. The third-order valence-corrected chi connectivity index (χ3v) is 8.42. The molecule has 188 valence electrons. The molecule has 4 aromatic rings. The Balaban J connectivity index is 0.000000967. The Morgan fingerprint density at radius 2 is 1.75 bits per heavy atom. The summed E-state index contributed by atoms with van der Waals surface area (Å²) in [7, 11) is 0. The van der Waals surface area contributed by atoms with Gasteiger partial charge in [-0.05, 0) is 85.3 Å². The molecule has 7 heteroatoms. The van der Waals surface area contributed by atoms with Gasteiger partial charge in [-0.25, -0.2) is 4.98 Å². The van der Waals surface area contributed by atoms with Crippen LogP contribution in [0.1, 0.15) is 39.5 Å². The van der Waals surface area contributed by atoms with Crippen LogP contribution in [0.4, 0.5) is 11.4 Å². The second-order valence-electron chi connectivity index (χ2n) is 8.61. The lowest BCUT2D eigenvalue weighted by Gasteiger charge is -2.21. The SMILES string of the molecule is CCC.Clc1cc(N2CCCCCS2)ccc1SNc1ccc(Cl)c(-c2ccc3ccccc3n2)c1. The Hall–Kier alpha value is -2.05. The third-order valence-electron chi connectivity index (χ3n) is 5.58. The fraction of sp³-hybridized carbons (Fsp3) is 0.276. The Labute approximate surface area is 233 Å². The van der Waals surface area contributed by atoms with Crippen molar-refractivity contribution in [2.24, 2.45) is 0 Å². The Morgan fingerprint density at radius 3 is 2.58 bits per heavy atom. The van der Waals surface area contributed by atoms with E-state index in [1.54, 1.807) is 0 Å². The average molecular weight is 557 g/mol. The summed E-state index contributed by atoms with van der Waals surface area (Å²) in [5.41, 5.74) is 4.82. The number of anilines is 2. The number of rotatable bonds is 5. The predicted molar refractivity (Wildman–Crippen MR) is 163 cm³/mol. The quantitative estimate of drug-likeness (QED) is 0.247. The van der Waals surface area contributed by atoms with Gasteiger partial charge in [-0.2, -0.15) is 0 Å². The van der Waals surface area contributed by atoms with Crippen LogP contribution < -0.4 is 9.03 Å². The number of benzene rings is 3. The topological polar surface area (TPSA) is 28.2 Å². The minimum Gasteiger partial charge on any atom is -0.326 e. The van der Waals surface area contributed by atoms with Gasteiger partial charge in [-0.15, -0.1) is 0 Å². The van der Waals surface area contributed by atoms with Gasteiger partial charge in [0.25, 0.3) is 0 Å². The zero-order valence-corrected chi connectivity index (χ0v) is 23.8. The molecule has 0 unspecified atom stereocenters. The van der Waals surface area contributed by atoms with Crippen molar-refractivity contribution in [3.8, 4) is 11.3 Å². The zero-order valence-electron chi connectivity index (χ0n) is 20.6. The maximum Gasteiger partial charge on any atom is 0.0725 e. The summed E-state index contributed by atoms with van der Waals surface area (Å²) in [6.07, 6.45) is 5.06. The van der Waals surface area contributed by atoms with E-state index in [-0.39, 0.29) is 0 Å². The summed E-state index contributed by atoms with van der Waals surface area (Å²) >= 11 is 16.6. The number of fused-ring (bicyclic) bond motifs is 1. The molecular weight excluding hydrogens is 525 g/mol. The molecular formula is C29H31Cl2N3S2. The molecule has 1 aliphatic rings. The van der Waals surface area contributed by atoms with E-state index < -0.39 is 0 Å². The van der Waals surface area contributed by atoms with Gasteiger partial charge in [-0.1, -0.05) is 74.2 Å². The van der Waals surface area contributed by atoms with Gasteiger partial charge in [0.2, 0.25) is 0 Å². The van der Waals surface area contributed by atoms with E-state index in [1.165, 1.54) is 49.1 Å². The molecule has 2 heterocycles. The van der Waals surface area contributed by atoms with Crippen LogP contribution in [0, 0.1) is 0 Å². The van der Waals surface area contributed by atoms with Crippen LogP contribution in [0.25, 0.3) is 22.2 Å². The minimum atomic E-state index is 0.672. The molecule has 3 nitrogen and oxygen atoms in total. The highest BCUT2D eigenvalue weighted by molar-refractivity contribution is 8.01. The minimum absolute atomic E-state index is 0.672. The molecule has 3 aromatic carbocycles. The molecule has 0 saturated carbocycles. The van der Waals surface area contributed by atoms with Crippen LogP contribution in [-0.2, 0) is 0 Å². The second-order valence-corrected chi connectivity index (χ2v) is 11.4. The highest BCUT2D eigenvalue weighted by Gasteiger charge is 2.13. The molecule has 1 aromatic heterocycles. The van der Waals surface area contributed by atoms with Gasteiger partial charge in [-0.3, -0.25) is 0 Å². The number of pyridine rings is 1. The van der Waals surface area contributed by atoms with E-state index in [0.29, 0.717) is 5.02 Å². The van der Waals surface area contributed by atoms with Crippen molar-refractivity contribution in [1.29, 1.82) is 0 Å². The first-order valence-electron chi connectivity index (χ1n) is 12.4. The van der Waals surface area contributed by atoms with E-state index in [0.717, 1.165) is 44.3 Å². The highest BCUT2D eigenvalue weighted by Crippen LogP contribution is 2.36. The number of nitrogens with one attached hydrogen (secondary N) is 1. The van der Waals surface area contributed by atoms with Crippen molar-refractivity contribution >= 4 is 69.4 Å². The van der Waals surface area contributed by atoms with Gasteiger partial charge in [0.1, 0.15) is 0 Å². The smallest absolute Gasteiger partial charge is 0.0725 e. The number of aromatic nitrogens is 1. The highest BCUT2D eigenvalue weighted by atomic mass is 35.5. The van der Waals surface area contributed by atoms with Crippen LogP contribution >= 0.6 is 47.1 Å². The van der Waals surface area contributed by atoms with Crippen molar-refractivity contribution in [2.45, 2.75) is 44.4 Å². The van der Waals surface area contributed by atoms with Crippen molar-refractivity contribution in [3.63, 3.8) is 0 Å². The maximum atomic E-state index is 6.64.